The summed E-state index contributed by atoms with van der Waals surface area (Å²) in [7, 11) is 0. The maximum absolute atomic E-state index is 12.9. The SMILES string of the molecule is Cc1ccc(-c2cc(C(=O)Nc3ncccc3Cl)c3ccccc3n2)s1. The van der Waals surface area contributed by atoms with Crippen molar-refractivity contribution in [1.82, 2.24) is 9.97 Å². The molecule has 0 saturated heterocycles. The van der Waals surface area contributed by atoms with E-state index in [1.54, 1.807) is 29.7 Å². The van der Waals surface area contributed by atoms with Gasteiger partial charge in [0.15, 0.2) is 5.82 Å². The Morgan fingerprint density at radius 3 is 2.73 bits per heavy atom. The van der Waals surface area contributed by atoms with Gasteiger partial charge in [-0.2, -0.15) is 0 Å². The third-order valence-electron chi connectivity index (χ3n) is 3.94. The number of thiophene rings is 1. The summed E-state index contributed by atoms with van der Waals surface area (Å²) in [5.74, 6) is 0.0762. The second-order valence-electron chi connectivity index (χ2n) is 5.77. The van der Waals surface area contributed by atoms with Gasteiger partial charge in [-0.1, -0.05) is 29.8 Å². The van der Waals surface area contributed by atoms with Gasteiger partial charge < -0.3 is 5.32 Å². The normalized spacial score (nSPS) is 10.8. The van der Waals surface area contributed by atoms with Crippen LogP contribution < -0.4 is 5.32 Å². The van der Waals surface area contributed by atoms with Crippen molar-refractivity contribution >= 4 is 45.6 Å². The lowest BCUT2D eigenvalue weighted by Crippen LogP contribution is -2.14. The maximum Gasteiger partial charge on any atom is 0.257 e. The summed E-state index contributed by atoms with van der Waals surface area (Å²) in [4.78, 5) is 24.0. The Morgan fingerprint density at radius 1 is 1.12 bits per heavy atom. The number of anilines is 1. The number of benzene rings is 1. The standard InChI is InChI=1S/C20H14ClN3OS/c1-12-8-9-18(26-12)17-11-14(13-5-2-3-7-16(13)23-17)20(25)24-19-15(21)6-4-10-22-19/h2-11H,1H3,(H,22,24,25). The molecule has 0 radical (unpaired) electrons. The zero-order valence-corrected chi connectivity index (χ0v) is 15.4. The highest BCUT2D eigenvalue weighted by molar-refractivity contribution is 7.15. The molecule has 1 N–H and O–H groups in total. The maximum atomic E-state index is 12.9. The van der Waals surface area contributed by atoms with Crippen molar-refractivity contribution in [3.63, 3.8) is 0 Å². The quantitative estimate of drug-likeness (QED) is 0.506. The minimum absolute atomic E-state index is 0.265. The zero-order chi connectivity index (χ0) is 18.1. The van der Waals surface area contributed by atoms with Crippen LogP contribution in [0.1, 0.15) is 15.2 Å². The number of carbonyl (C=O) groups excluding carboxylic acids is 1. The number of pyridine rings is 2. The number of hydrogen-bond acceptors (Lipinski definition) is 4. The van der Waals surface area contributed by atoms with Crippen molar-refractivity contribution in [1.29, 1.82) is 0 Å². The van der Waals surface area contributed by atoms with Gasteiger partial charge in [-0.25, -0.2) is 9.97 Å². The van der Waals surface area contributed by atoms with E-state index in [9.17, 15) is 4.79 Å². The second-order valence-corrected chi connectivity index (χ2v) is 7.47. The Labute approximate surface area is 159 Å². The summed E-state index contributed by atoms with van der Waals surface area (Å²) in [5.41, 5.74) is 2.09. The molecule has 0 atom stereocenters. The summed E-state index contributed by atoms with van der Waals surface area (Å²) in [5, 5.41) is 3.98. The number of amides is 1. The van der Waals surface area contributed by atoms with E-state index in [0.717, 1.165) is 21.5 Å². The van der Waals surface area contributed by atoms with Crippen molar-refractivity contribution < 1.29 is 4.79 Å². The van der Waals surface area contributed by atoms with E-state index in [-0.39, 0.29) is 5.91 Å². The van der Waals surface area contributed by atoms with Crippen LogP contribution in [0.4, 0.5) is 5.82 Å². The van der Waals surface area contributed by atoms with Crippen LogP contribution in [0.5, 0.6) is 0 Å². The van der Waals surface area contributed by atoms with Gasteiger partial charge in [-0.05, 0) is 43.3 Å². The van der Waals surface area contributed by atoms with Crippen LogP contribution >= 0.6 is 22.9 Å². The molecule has 0 unspecified atom stereocenters. The van der Waals surface area contributed by atoms with Crippen LogP contribution in [0.3, 0.4) is 0 Å². The molecule has 0 spiro atoms. The molecular weight excluding hydrogens is 366 g/mol. The number of carbonyl (C=O) groups is 1. The van der Waals surface area contributed by atoms with E-state index in [0.29, 0.717) is 16.4 Å². The van der Waals surface area contributed by atoms with Gasteiger partial charge in [0.1, 0.15) is 0 Å². The van der Waals surface area contributed by atoms with Crippen molar-refractivity contribution in [3.8, 4) is 10.6 Å². The van der Waals surface area contributed by atoms with E-state index < -0.39 is 0 Å². The van der Waals surface area contributed by atoms with Crippen molar-refractivity contribution in [2.75, 3.05) is 5.32 Å². The van der Waals surface area contributed by atoms with Gasteiger partial charge in [0.05, 0.1) is 26.7 Å². The number of hydrogen-bond donors (Lipinski definition) is 1. The number of aromatic nitrogens is 2. The lowest BCUT2D eigenvalue weighted by molar-refractivity contribution is 0.102. The van der Waals surface area contributed by atoms with Gasteiger partial charge in [-0.15, -0.1) is 11.3 Å². The average molecular weight is 380 g/mol. The molecule has 0 aliphatic heterocycles. The molecule has 1 aromatic carbocycles. The van der Waals surface area contributed by atoms with Gasteiger partial charge in [0.25, 0.3) is 5.91 Å². The lowest BCUT2D eigenvalue weighted by Gasteiger charge is -2.10. The third-order valence-corrected chi connectivity index (χ3v) is 5.27. The fourth-order valence-corrected chi connectivity index (χ4v) is 3.71. The number of nitrogens with zero attached hydrogens (tertiary/aromatic N) is 2. The van der Waals surface area contributed by atoms with Crippen LogP contribution in [0.2, 0.25) is 5.02 Å². The Morgan fingerprint density at radius 2 is 1.96 bits per heavy atom. The molecule has 0 aliphatic carbocycles. The van der Waals surface area contributed by atoms with E-state index in [1.807, 2.05) is 49.4 Å². The first-order valence-corrected chi connectivity index (χ1v) is 9.20. The van der Waals surface area contributed by atoms with Gasteiger partial charge >= 0.3 is 0 Å². The van der Waals surface area contributed by atoms with E-state index in [1.165, 1.54) is 4.88 Å². The van der Waals surface area contributed by atoms with E-state index in [4.69, 9.17) is 16.6 Å². The number of para-hydroxylation sites is 1. The molecule has 3 heterocycles. The molecule has 0 fully saturated rings. The first kappa shape index (κ1) is 16.7. The summed E-state index contributed by atoms with van der Waals surface area (Å²) in [6.07, 6.45) is 1.59. The van der Waals surface area contributed by atoms with Crippen LogP contribution in [0.25, 0.3) is 21.5 Å². The lowest BCUT2D eigenvalue weighted by atomic mass is 10.1. The molecule has 6 heteroatoms. The highest BCUT2D eigenvalue weighted by Crippen LogP contribution is 2.30. The zero-order valence-electron chi connectivity index (χ0n) is 13.9. The molecule has 4 aromatic rings. The molecule has 4 rings (SSSR count). The number of fused-ring (bicyclic) bond motifs is 1. The van der Waals surface area contributed by atoms with Gasteiger partial charge in [0.2, 0.25) is 0 Å². The van der Waals surface area contributed by atoms with Crippen LogP contribution in [0.15, 0.2) is 60.8 Å². The molecule has 128 valence electrons. The molecule has 0 saturated carbocycles. The highest BCUT2D eigenvalue weighted by atomic mass is 35.5. The highest BCUT2D eigenvalue weighted by Gasteiger charge is 2.16. The Bertz CT molecular complexity index is 1120. The van der Waals surface area contributed by atoms with Crippen LogP contribution in [-0.4, -0.2) is 15.9 Å². The number of nitrogens with one attached hydrogen (secondary N) is 1. The summed E-state index contributed by atoms with van der Waals surface area (Å²) < 4.78 is 0. The molecule has 26 heavy (non-hydrogen) atoms. The second kappa shape index (κ2) is 6.86. The topological polar surface area (TPSA) is 54.9 Å². The Kier molecular flexibility index (Phi) is 4.41. The molecule has 3 aromatic heterocycles. The molecule has 1 amide bonds. The van der Waals surface area contributed by atoms with Gasteiger partial charge in [-0.3, -0.25) is 4.79 Å². The fourth-order valence-electron chi connectivity index (χ4n) is 2.71. The first-order chi connectivity index (χ1) is 12.6. The number of rotatable bonds is 3. The molecule has 4 nitrogen and oxygen atoms in total. The summed E-state index contributed by atoms with van der Waals surface area (Å²) in [6.45, 7) is 2.05. The smallest absolute Gasteiger partial charge is 0.257 e. The summed E-state index contributed by atoms with van der Waals surface area (Å²) in [6, 6.07) is 16.9. The van der Waals surface area contributed by atoms with E-state index >= 15 is 0 Å². The van der Waals surface area contributed by atoms with Crippen molar-refractivity contribution in [2.45, 2.75) is 6.92 Å². The Hall–Kier alpha value is -2.76. The summed E-state index contributed by atoms with van der Waals surface area (Å²) >= 11 is 7.76. The molecule has 0 aliphatic rings. The van der Waals surface area contributed by atoms with E-state index in [2.05, 4.69) is 10.3 Å². The predicted molar refractivity (Wildman–Crippen MR) is 107 cm³/mol. The monoisotopic (exact) mass is 379 g/mol. The van der Waals surface area contributed by atoms with Crippen LogP contribution in [-0.2, 0) is 0 Å². The van der Waals surface area contributed by atoms with Crippen LogP contribution in [0, 0.1) is 6.92 Å². The predicted octanol–water partition coefficient (Wildman–Crippen LogP) is 5.57. The fraction of sp³-hybridized carbons (Fsp3) is 0.0500. The number of aryl methyl sites for hydroxylation is 1. The van der Waals surface area contributed by atoms with Crippen molar-refractivity contribution in [2.24, 2.45) is 0 Å². The largest absolute Gasteiger partial charge is 0.305 e. The Balaban J connectivity index is 1.82. The minimum atomic E-state index is -0.265. The number of halogens is 1. The minimum Gasteiger partial charge on any atom is -0.305 e. The first-order valence-electron chi connectivity index (χ1n) is 8.00. The average Bonchev–Trinajstić information content (AvgIpc) is 3.09. The molecular formula is C20H14ClN3OS. The van der Waals surface area contributed by atoms with Crippen molar-refractivity contribution in [3.05, 3.63) is 76.3 Å². The third kappa shape index (κ3) is 3.19. The van der Waals surface area contributed by atoms with Gasteiger partial charge in [0, 0.05) is 16.5 Å². The molecule has 0 bridgehead atoms.